The number of carbonyl (C=O) groups excluding carboxylic acids is 2. The molecule has 0 aliphatic carbocycles. The van der Waals surface area contributed by atoms with E-state index in [9.17, 15) is 9.59 Å². The SMILES string of the molecule is CC1(C)CN(C(=O)CNC(N)=O)C[C@@H]1c1ccccc1. The molecule has 0 spiro atoms. The van der Waals surface area contributed by atoms with Gasteiger partial charge in [-0.25, -0.2) is 4.79 Å². The van der Waals surface area contributed by atoms with Crippen LogP contribution in [0.1, 0.15) is 25.3 Å². The van der Waals surface area contributed by atoms with Crippen molar-refractivity contribution in [3.05, 3.63) is 35.9 Å². The van der Waals surface area contributed by atoms with E-state index in [0.29, 0.717) is 19.0 Å². The van der Waals surface area contributed by atoms with E-state index in [0.717, 1.165) is 0 Å². The van der Waals surface area contributed by atoms with Gasteiger partial charge in [-0.05, 0) is 11.0 Å². The van der Waals surface area contributed by atoms with Crippen molar-refractivity contribution in [2.24, 2.45) is 11.1 Å². The molecular formula is C15H21N3O2. The number of nitrogens with zero attached hydrogens (tertiary/aromatic N) is 1. The molecule has 1 aliphatic heterocycles. The Morgan fingerprint density at radius 2 is 2.00 bits per heavy atom. The lowest BCUT2D eigenvalue weighted by atomic mass is 9.78. The highest BCUT2D eigenvalue weighted by Gasteiger charge is 2.41. The highest BCUT2D eigenvalue weighted by atomic mass is 16.2. The maximum atomic E-state index is 12.1. The smallest absolute Gasteiger partial charge is 0.312 e. The molecule has 1 atom stereocenters. The second kappa shape index (κ2) is 5.53. The largest absolute Gasteiger partial charge is 0.352 e. The zero-order valence-electron chi connectivity index (χ0n) is 11.9. The van der Waals surface area contributed by atoms with E-state index in [1.807, 2.05) is 18.2 Å². The van der Waals surface area contributed by atoms with Gasteiger partial charge in [0.1, 0.15) is 0 Å². The van der Waals surface area contributed by atoms with Crippen molar-refractivity contribution < 1.29 is 9.59 Å². The van der Waals surface area contributed by atoms with Crippen LogP contribution in [0.25, 0.3) is 0 Å². The van der Waals surface area contributed by atoms with Crippen molar-refractivity contribution in [2.75, 3.05) is 19.6 Å². The number of likely N-dealkylation sites (tertiary alicyclic amines) is 1. The molecule has 1 saturated heterocycles. The topological polar surface area (TPSA) is 75.4 Å². The predicted molar refractivity (Wildman–Crippen MR) is 77.1 cm³/mol. The molecule has 20 heavy (non-hydrogen) atoms. The number of rotatable bonds is 3. The van der Waals surface area contributed by atoms with E-state index in [1.54, 1.807) is 4.90 Å². The van der Waals surface area contributed by atoms with Crippen LogP contribution >= 0.6 is 0 Å². The van der Waals surface area contributed by atoms with Crippen molar-refractivity contribution in [1.29, 1.82) is 0 Å². The number of amides is 3. The van der Waals surface area contributed by atoms with Crippen molar-refractivity contribution in [1.82, 2.24) is 10.2 Å². The van der Waals surface area contributed by atoms with Gasteiger partial charge in [-0.1, -0.05) is 44.2 Å². The Kier molecular flexibility index (Phi) is 3.97. The molecule has 0 unspecified atom stereocenters. The van der Waals surface area contributed by atoms with Gasteiger partial charge >= 0.3 is 6.03 Å². The molecule has 1 aliphatic rings. The molecule has 5 nitrogen and oxygen atoms in total. The predicted octanol–water partition coefficient (Wildman–Crippen LogP) is 1.31. The first-order valence-corrected chi connectivity index (χ1v) is 6.76. The number of hydrogen-bond acceptors (Lipinski definition) is 2. The average molecular weight is 275 g/mol. The zero-order chi connectivity index (χ0) is 14.8. The van der Waals surface area contributed by atoms with Gasteiger partial charge in [0, 0.05) is 19.0 Å². The van der Waals surface area contributed by atoms with Gasteiger partial charge in [-0.15, -0.1) is 0 Å². The maximum Gasteiger partial charge on any atom is 0.312 e. The van der Waals surface area contributed by atoms with E-state index in [2.05, 4.69) is 31.3 Å². The Morgan fingerprint density at radius 1 is 1.35 bits per heavy atom. The molecule has 3 amide bonds. The van der Waals surface area contributed by atoms with Gasteiger partial charge < -0.3 is 16.0 Å². The van der Waals surface area contributed by atoms with Gasteiger partial charge in [0.15, 0.2) is 0 Å². The molecule has 1 heterocycles. The molecule has 0 bridgehead atoms. The minimum absolute atomic E-state index is 0.0176. The number of carbonyl (C=O) groups is 2. The van der Waals surface area contributed by atoms with Crippen LogP contribution in [0.5, 0.6) is 0 Å². The average Bonchev–Trinajstić information content (AvgIpc) is 2.73. The lowest BCUT2D eigenvalue weighted by molar-refractivity contribution is -0.129. The summed E-state index contributed by atoms with van der Waals surface area (Å²) in [5, 5.41) is 2.35. The van der Waals surface area contributed by atoms with E-state index in [4.69, 9.17) is 5.73 Å². The fourth-order valence-electron chi connectivity index (χ4n) is 2.84. The number of hydrogen-bond donors (Lipinski definition) is 2. The van der Waals surface area contributed by atoms with Crippen molar-refractivity contribution in [3.8, 4) is 0 Å². The van der Waals surface area contributed by atoms with Crippen LogP contribution in [0.2, 0.25) is 0 Å². The number of urea groups is 1. The van der Waals surface area contributed by atoms with E-state index < -0.39 is 6.03 Å². The standard InChI is InChI=1S/C15H21N3O2/c1-15(2)10-18(13(19)8-17-14(16)20)9-12(15)11-6-4-3-5-7-11/h3-7,12H,8-10H2,1-2H3,(H3,16,17,20)/t12-/m1/s1. The minimum atomic E-state index is -0.670. The van der Waals surface area contributed by atoms with Crippen molar-refractivity contribution in [2.45, 2.75) is 19.8 Å². The van der Waals surface area contributed by atoms with Gasteiger partial charge in [0.25, 0.3) is 0 Å². The summed E-state index contributed by atoms with van der Waals surface area (Å²) < 4.78 is 0. The Balaban J connectivity index is 2.07. The Labute approximate surface area is 119 Å². The third kappa shape index (κ3) is 3.10. The third-order valence-electron chi connectivity index (χ3n) is 3.91. The molecule has 0 aromatic heterocycles. The van der Waals surface area contributed by atoms with Crippen LogP contribution in [0.4, 0.5) is 4.79 Å². The number of primary amides is 1. The quantitative estimate of drug-likeness (QED) is 0.872. The summed E-state index contributed by atoms with van der Waals surface area (Å²) in [4.78, 5) is 24.5. The van der Waals surface area contributed by atoms with Crippen LogP contribution in [-0.4, -0.2) is 36.5 Å². The molecule has 5 heteroatoms. The molecule has 1 aromatic carbocycles. The molecule has 3 N–H and O–H groups in total. The number of benzene rings is 1. The highest BCUT2D eigenvalue weighted by Crippen LogP contribution is 2.42. The van der Waals surface area contributed by atoms with Crippen molar-refractivity contribution in [3.63, 3.8) is 0 Å². The number of nitrogens with two attached hydrogens (primary N) is 1. The van der Waals surface area contributed by atoms with E-state index in [-0.39, 0.29) is 17.9 Å². The van der Waals surface area contributed by atoms with E-state index in [1.165, 1.54) is 5.56 Å². The summed E-state index contributed by atoms with van der Waals surface area (Å²) in [5.74, 6) is 0.219. The van der Waals surface area contributed by atoms with E-state index >= 15 is 0 Å². The molecule has 2 rings (SSSR count). The Bertz CT molecular complexity index is 499. The van der Waals surface area contributed by atoms with Crippen LogP contribution < -0.4 is 11.1 Å². The third-order valence-corrected chi connectivity index (χ3v) is 3.91. The highest BCUT2D eigenvalue weighted by molar-refractivity contribution is 5.83. The summed E-state index contributed by atoms with van der Waals surface area (Å²) in [7, 11) is 0. The maximum absolute atomic E-state index is 12.1. The van der Waals surface area contributed by atoms with Gasteiger partial charge in [-0.3, -0.25) is 4.79 Å². The minimum Gasteiger partial charge on any atom is -0.352 e. The molecule has 0 saturated carbocycles. The summed E-state index contributed by atoms with van der Waals surface area (Å²) >= 11 is 0. The summed E-state index contributed by atoms with van der Waals surface area (Å²) in [6.07, 6.45) is 0. The normalized spacial score (nSPS) is 20.7. The van der Waals surface area contributed by atoms with Gasteiger partial charge in [0.2, 0.25) is 5.91 Å². The van der Waals surface area contributed by atoms with Crippen LogP contribution in [0, 0.1) is 5.41 Å². The number of nitrogens with one attached hydrogen (secondary N) is 1. The lowest BCUT2D eigenvalue weighted by Gasteiger charge is -2.25. The fraction of sp³-hybridized carbons (Fsp3) is 0.467. The second-order valence-corrected chi connectivity index (χ2v) is 5.94. The monoisotopic (exact) mass is 275 g/mol. The Morgan fingerprint density at radius 3 is 2.60 bits per heavy atom. The van der Waals surface area contributed by atoms with Crippen LogP contribution in [0.15, 0.2) is 30.3 Å². The Hall–Kier alpha value is -2.04. The molecule has 1 fully saturated rings. The first kappa shape index (κ1) is 14.4. The second-order valence-electron chi connectivity index (χ2n) is 5.94. The molecule has 0 radical (unpaired) electrons. The molecular weight excluding hydrogens is 254 g/mol. The first-order chi connectivity index (χ1) is 9.40. The first-order valence-electron chi connectivity index (χ1n) is 6.76. The lowest BCUT2D eigenvalue weighted by Crippen LogP contribution is -2.41. The summed E-state index contributed by atoms with van der Waals surface area (Å²) in [6, 6.07) is 9.56. The molecule has 108 valence electrons. The van der Waals surface area contributed by atoms with Crippen LogP contribution in [0.3, 0.4) is 0 Å². The van der Waals surface area contributed by atoms with Crippen molar-refractivity contribution >= 4 is 11.9 Å². The van der Waals surface area contributed by atoms with Crippen LogP contribution in [-0.2, 0) is 4.79 Å². The molecule has 1 aromatic rings. The summed E-state index contributed by atoms with van der Waals surface area (Å²) in [6.45, 7) is 5.66. The van der Waals surface area contributed by atoms with Gasteiger partial charge in [-0.2, -0.15) is 0 Å². The zero-order valence-corrected chi connectivity index (χ0v) is 11.9. The van der Waals surface area contributed by atoms with Gasteiger partial charge in [0.05, 0.1) is 6.54 Å². The summed E-state index contributed by atoms with van der Waals surface area (Å²) in [5.41, 5.74) is 6.25. The fourth-order valence-corrected chi connectivity index (χ4v) is 2.84.